The summed E-state index contributed by atoms with van der Waals surface area (Å²) in [7, 11) is 2.28. The van der Waals surface area contributed by atoms with Gasteiger partial charge in [-0.2, -0.15) is 9.97 Å². The molecule has 3 aromatic rings. The zero-order valence-corrected chi connectivity index (χ0v) is 36.0. The number of nitrogen functional groups attached to an aromatic ring is 2. The third kappa shape index (κ3) is 18.7. The van der Waals surface area contributed by atoms with Crippen molar-refractivity contribution in [1.29, 1.82) is 0 Å². The Balaban J connectivity index is 1.42. The van der Waals surface area contributed by atoms with Crippen molar-refractivity contribution in [1.82, 2.24) is 41.2 Å². The number of carbonyl (C=O) groups is 9. The van der Waals surface area contributed by atoms with Crippen LogP contribution in [0.5, 0.6) is 0 Å². The summed E-state index contributed by atoms with van der Waals surface area (Å²) in [6.45, 7) is 0.493. The average molecular weight is 931 g/mol. The first kappa shape index (κ1) is 51.7. The first-order valence-electron chi connectivity index (χ1n) is 19.7. The standard InChI is InChI=1S/C38H50N12O12S2/c39-25(10-12-29(55)56)35(59)47-26(3-2-14-51)36(60)48-27(37(61)46-23(19-52)9-11-28(53)54)20-64-63-16-15-62-30(57)4-1-13-42-34(58)21-5-7-22(8-6-21)43-17-24-18-44-33-31(45-24)32(40)49-38(41)50-33/h5-8,14,18-19,23,25-27,43H,1-4,9-13,15-17,20,39H2,(H,42,58)(H,46,61)(H,47,59)(H,48,60)(H,53,54)(H,55,56)(H4,40,41,44,49,50)/t23-,25-,26-,27-/m0/s1. The maximum Gasteiger partial charge on any atom is 0.305 e. The van der Waals surface area contributed by atoms with Gasteiger partial charge in [0.2, 0.25) is 23.7 Å². The zero-order chi connectivity index (χ0) is 47.0. The molecule has 2 heterocycles. The number of carboxylic acid groups (broad SMARTS) is 2. The molecule has 0 aliphatic carbocycles. The van der Waals surface area contributed by atoms with Crippen molar-refractivity contribution in [3.05, 3.63) is 41.7 Å². The lowest BCUT2D eigenvalue weighted by molar-refractivity contribution is -0.143. The lowest BCUT2D eigenvalue weighted by Gasteiger charge is -2.24. The molecule has 0 radical (unpaired) electrons. The van der Waals surface area contributed by atoms with Gasteiger partial charge in [-0.15, -0.1) is 0 Å². The molecule has 0 bridgehead atoms. The minimum Gasteiger partial charge on any atom is -0.481 e. The third-order valence-electron chi connectivity index (χ3n) is 8.72. The topological polar surface area (TPSA) is 393 Å². The quantitative estimate of drug-likeness (QED) is 0.0171. The van der Waals surface area contributed by atoms with Gasteiger partial charge >= 0.3 is 17.9 Å². The summed E-state index contributed by atoms with van der Waals surface area (Å²) in [6.07, 6.45) is 1.08. The fraction of sp³-hybridized carbons (Fsp3) is 0.447. The number of benzene rings is 1. The molecule has 4 atom stereocenters. The van der Waals surface area contributed by atoms with E-state index in [9.17, 15) is 43.2 Å². The number of hydrogen-bond donors (Lipinski definition) is 10. The number of aromatic nitrogens is 4. The number of nitrogens with zero attached hydrogens (tertiary/aromatic N) is 4. The SMILES string of the molecule is Nc1nc(N)c2nc(CNc3ccc(C(=O)NCCCC(=O)OCCSSC[C@H](NC(=O)[C@H](CCC=O)NC(=O)[C@@H](N)CCC(=O)O)C(=O)N[C@H](C=O)CCC(=O)O)cc3)cnc2n1. The Morgan fingerprint density at radius 3 is 2.19 bits per heavy atom. The van der Waals surface area contributed by atoms with E-state index in [-0.39, 0.29) is 80.1 Å². The van der Waals surface area contributed by atoms with E-state index >= 15 is 0 Å². The van der Waals surface area contributed by atoms with E-state index in [1.54, 1.807) is 24.3 Å². The molecule has 1 aromatic carbocycles. The van der Waals surface area contributed by atoms with E-state index < -0.39 is 72.6 Å². The van der Waals surface area contributed by atoms with E-state index in [1.165, 1.54) is 17.0 Å². The molecule has 0 saturated carbocycles. The second-order valence-electron chi connectivity index (χ2n) is 13.7. The Morgan fingerprint density at radius 1 is 0.812 bits per heavy atom. The smallest absolute Gasteiger partial charge is 0.305 e. The summed E-state index contributed by atoms with van der Waals surface area (Å²) in [4.78, 5) is 125. The van der Waals surface area contributed by atoms with E-state index in [0.717, 1.165) is 10.8 Å². The van der Waals surface area contributed by atoms with Gasteiger partial charge in [-0.1, -0.05) is 21.6 Å². The Labute approximate surface area is 373 Å². The van der Waals surface area contributed by atoms with Gasteiger partial charge in [-0.3, -0.25) is 33.6 Å². The number of nitrogens with two attached hydrogens (primary N) is 3. The number of amides is 4. The molecule has 2 aromatic heterocycles. The van der Waals surface area contributed by atoms with Crippen molar-refractivity contribution < 1.29 is 58.1 Å². The minimum absolute atomic E-state index is 0.00159. The number of carboxylic acids is 2. The molecule has 0 aliphatic rings. The minimum atomic E-state index is -1.35. The van der Waals surface area contributed by atoms with Crippen molar-refractivity contribution in [3.63, 3.8) is 0 Å². The second-order valence-corrected chi connectivity index (χ2v) is 16.3. The molecule has 0 unspecified atom stereocenters. The summed E-state index contributed by atoms with van der Waals surface area (Å²) in [6, 6.07) is 1.56. The molecule has 24 nitrogen and oxygen atoms in total. The van der Waals surface area contributed by atoms with Crippen LogP contribution in [0, 0.1) is 0 Å². The Hall–Kier alpha value is -6.67. The fourth-order valence-electron chi connectivity index (χ4n) is 5.36. The highest BCUT2D eigenvalue weighted by Crippen LogP contribution is 2.22. The van der Waals surface area contributed by atoms with Crippen LogP contribution < -0.4 is 43.8 Å². The van der Waals surface area contributed by atoms with Crippen LogP contribution in [0.15, 0.2) is 30.5 Å². The van der Waals surface area contributed by atoms with Crippen molar-refractivity contribution >= 4 is 104 Å². The first-order chi connectivity index (χ1) is 30.6. The predicted molar refractivity (Wildman–Crippen MR) is 234 cm³/mol. The normalized spacial score (nSPS) is 12.7. The van der Waals surface area contributed by atoms with Gasteiger partial charge < -0.3 is 68.3 Å². The summed E-state index contributed by atoms with van der Waals surface area (Å²) in [5.74, 6) is -5.54. The number of fused-ring (bicyclic) bond motifs is 1. The van der Waals surface area contributed by atoms with Crippen molar-refractivity contribution in [3.8, 4) is 0 Å². The largest absolute Gasteiger partial charge is 0.481 e. The summed E-state index contributed by atoms with van der Waals surface area (Å²) < 4.78 is 5.26. The van der Waals surface area contributed by atoms with Crippen LogP contribution in [0.3, 0.4) is 0 Å². The Bertz CT molecular complexity index is 2120. The molecule has 0 spiro atoms. The summed E-state index contributed by atoms with van der Waals surface area (Å²) in [5, 5.41) is 31.0. The maximum atomic E-state index is 13.3. The highest BCUT2D eigenvalue weighted by atomic mass is 33.1. The molecule has 26 heteroatoms. The van der Waals surface area contributed by atoms with Crippen LogP contribution in [-0.4, -0.2) is 133 Å². The van der Waals surface area contributed by atoms with Gasteiger partial charge in [0.15, 0.2) is 17.0 Å². The fourth-order valence-corrected chi connectivity index (χ4v) is 7.35. The molecule has 4 amide bonds. The number of hydrogen-bond acceptors (Lipinski definition) is 20. The Morgan fingerprint density at radius 2 is 1.50 bits per heavy atom. The molecule has 346 valence electrons. The number of nitrogens with one attached hydrogen (secondary N) is 5. The monoisotopic (exact) mass is 930 g/mol. The maximum absolute atomic E-state index is 13.3. The molecular weight excluding hydrogens is 881 g/mol. The Kier molecular flexibility index (Phi) is 22.1. The highest BCUT2D eigenvalue weighted by molar-refractivity contribution is 8.76. The molecule has 13 N–H and O–H groups in total. The third-order valence-corrected chi connectivity index (χ3v) is 11.1. The summed E-state index contributed by atoms with van der Waals surface area (Å²) >= 11 is 0. The number of carbonyl (C=O) groups excluding carboxylic acids is 7. The summed E-state index contributed by atoms with van der Waals surface area (Å²) in [5.41, 5.74) is 19.5. The number of anilines is 3. The molecule has 0 aliphatic heterocycles. The van der Waals surface area contributed by atoms with Gasteiger partial charge in [0.25, 0.3) is 5.91 Å². The van der Waals surface area contributed by atoms with Crippen molar-refractivity contribution in [2.24, 2.45) is 5.73 Å². The van der Waals surface area contributed by atoms with Crippen LogP contribution in [0.4, 0.5) is 17.5 Å². The number of rotatable bonds is 30. The van der Waals surface area contributed by atoms with Crippen LogP contribution in [0.2, 0.25) is 0 Å². The predicted octanol–water partition coefficient (Wildman–Crippen LogP) is -0.680. The van der Waals surface area contributed by atoms with E-state index in [2.05, 4.69) is 46.5 Å². The average Bonchev–Trinajstić information content (AvgIpc) is 3.26. The van der Waals surface area contributed by atoms with Gasteiger partial charge in [0.05, 0.1) is 30.5 Å². The van der Waals surface area contributed by atoms with Gasteiger partial charge in [-0.25, -0.2) is 9.97 Å². The van der Waals surface area contributed by atoms with Gasteiger partial charge in [0.1, 0.15) is 31.3 Å². The number of aldehydes is 2. The lowest BCUT2D eigenvalue weighted by Crippen LogP contribution is -2.57. The first-order valence-corrected chi connectivity index (χ1v) is 22.1. The molecule has 3 rings (SSSR count). The van der Waals surface area contributed by atoms with E-state index in [1.807, 2.05) is 0 Å². The molecule has 0 fully saturated rings. The van der Waals surface area contributed by atoms with Gasteiger partial charge in [0, 0.05) is 55.0 Å². The van der Waals surface area contributed by atoms with Crippen LogP contribution in [-0.2, 0) is 49.6 Å². The molecular formula is C38H50N12O12S2. The van der Waals surface area contributed by atoms with E-state index in [4.69, 9.17) is 32.2 Å². The second kappa shape index (κ2) is 27.4. The van der Waals surface area contributed by atoms with Crippen LogP contribution in [0.25, 0.3) is 11.2 Å². The van der Waals surface area contributed by atoms with Crippen molar-refractivity contribution in [2.45, 2.75) is 82.1 Å². The van der Waals surface area contributed by atoms with Crippen molar-refractivity contribution in [2.75, 3.05) is 41.4 Å². The number of aliphatic carboxylic acids is 2. The number of esters is 1. The molecule has 64 heavy (non-hydrogen) atoms. The molecule has 0 saturated heterocycles. The van der Waals surface area contributed by atoms with Gasteiger partial charge in [-0.05, 0) is 49.9 Å². The lowest BCUT2D eigenvalue weighted by atomic mass is 10.1. The van der Waals surface area contributed by atoms with Crippen LogP contribution >= 0.6 is 21.6 Å². The zero-order valence-electron chi connectivity index (χ0n) is 34.4. The number of ether oxygens (including phenoxy) is 1. The van der Waals surface area contributed by atoms with Crippen LogP contribution in [0.1, 0.15) is 67.4 Å². The van der Waals surface area contributed by atoms with E-state index in [0.29, 0.717) is 48.0 Å². The highest BCUT2D eigenvalue weighted by Gasteiger charge is 2.29.